The molecule has 0 aromatic heterocycles. The number of aliphatic hydroxyl groups excluding tert-OH is 1. The smallest absolute Gasteiger partial charge is 0.231 e. The van der Waals surface area contributed by atoms with Crippen LogP contribution in [0.3, 0.4) is 0 Å². The fourth-order valence-electron chi connectivity index (χ4n) is 2.26. The summed E-state index contributed by atoms with van der Waals surface area (Å²) in [6.45, 7) is 7.72. The zero-order chi connectivity index (χ0) is 13.9. The lowest BCUT2D eigenvalue weighted by Gasteiger charge is -2.25. The molecular formula is C15H23NO3. The van der Waals surface area contributed by atoms with Crippen molar-refractivity contribution in [2.45, 2.75) is 39.2 Å². The van der Waals surface area contributed by atoms with Gasteiger partial charge in [-0.3, -0.25) is 0 Å². The lowest BCUT2D eigenvalue weighted by molar-refractivity contribution is 0.174. The van der Waals surface area contributed by atoms with Gasteiger partial charge in [0, 0.05) is 12.1 Å². The Bertz CT molecular complexity index is 443. The Morgan fingerprint density at radius 2 is 1.95 bits per heavy atom. The van der Waals surface area contributed by atoms with Gasteiger partial charge >= 0.3 is 0 Å². The molecular weight excluding hydrogens is 242 g/mol. The van der Waals surface area contributed by atoms with E-state index in [9.17, 15) is 0 Å². The van der Waals surface area contributed by atoms with E-state index in [1.165, 1.54) is 11.1 Å². The Hall–Kier alpha value is -1.26. The van der Waals surface area contributed by atoms with Crippen molar-refractivity contribution in [2.75, 3.05) is 19.9 Å². The molecule has 1 aliphatic heterocycles. The molecule has 0 bridgehead atoms. The van der Waals surface area contributed by atoms with Gasteiger partial charge in [-0.05, 0) is 63.4 Å². The van der Waals surface area contributed by atoms with E-state index in [0.717, 1.165) is 30.9 Å². The Kier molecular flexibility index (Phi) is 4.32. The molecule has 2 rings (SSSR count). The number of fused-ring (bicyclic) bond motifs is 1. The minimum absolute atomic E-state index is 0.0288. The van der Waals surface area contributed by atoms with E-state index in [-0.39, 0.29) is 12.1 Å². The molecule has 4 nitrogen and oxygen atoms in total. The van der Waals surface area contributed by atoms with E-state index in [1.54, 1.807) is 0 Å². The van der Waals surface area contributed by atoms with Crippen LogP contribution in [0, 0.1) is 6.92 Å². The van der Waals surface area contributed by atoms with E-state index in [2.05, 4.69) is 32.2 Å². The van der Waals surface area contributed by atoms with Crippen LogP contribution in [0.4, 0.5) is 0 Å². The topological polar surface area (TPSA) is 50.7 Å². The van der Waals surface area contributed by atoms with Crippen molar-refractivity contribution in [1.29, 1.82) is 0 Å². The molecule has 19 heavy (non-hydrogen) atoms. The lowest BCUT2D eigenvalue weighted by Crippen LogP contribution is -2.41. The summed E-state index contributed by atoms with van der Waals surface area (Å²) in [4.78, 5) is 0. The largest absolute Gasteiger partial charge is 0.454 e. The molecule has 0 saturated heterocycles. The SMILES string of the molecule is Cc1cc2c(cc1CCNC(C)(C)CCO)OCO2. The van der Waals surface area contributed by atoms with Gasteiger partial charge in [0.25, 0.3) is 0 Å². The van der Waals surface area contributed by atoms with Crippen LogP contribution in [0.5, 0.6) is 11.5 Å². The molecule has 1 aliphatic rings. The quantitative estimate of drug-likeness (QED) is 0.826. The van der Waals surface area contributed by atoms with E-state index in [1.807, 2.05) is 6.07 Å². The minimum atomic E-state index is -0.0288. The number of aryl methyl sites for hydroxylation is 1. The van der Waals surface area contributed by atoms with Gasteiger partial charge in [0.05, 0.1) is 0 Å². The second-order valence-electron chi connectivity index (χ2n) is 5.67. The first-order valence-corrected chi connectivity index (χ1v) is 6.77. The van der Waals surface area contributed by atoms with Crippen molar-refractivity contribution in [1.82, 2.24) is 5.32 Å². The molecule has 0 aliphatic carbocycles. The fourth-order valence-corrected chi connectivity index (χ4v) is 2.26. The monoisotopic (exact) mass is 265 g/mol. The molecule has 1 aromatic carbocycles. The molecule has 0 radical (unpaired) electrons. The molecule has 0 saturated carbocycles. The number of hydrogen-bond acceptors (Lipinski definition) is 4. The predicted octanol–water partition coefficient (Wildman–Crippen LogP) is 2.02. The summed E-state index contributed by atoms with van der Waals surface area (Å²) in [5, 5.41) is 12.5. The average Bonchev–Trinajstić information content (AvgIpc) is 2.76. The molecule has 0 unspecified atom stereocenters. The number of benzene rings is 1. The summed E-state index contributed by atoms with van der Waals surface area (Å²) in [7, 11) is 0. The highest BCUT2D eigenvalue weighted by atomic mass is 16.7. The first-order chi connectivity index (χ1) is 9.02. The van der Waals surface area contributed by atoms with Gasteiger partial charge in [-0.15, -0.1) is 0 Å². The van der Waals surface area contributed by atoms with Crippen molar-refractivity contribution >= 4 is 0 Å². The first-order valence-electron chi connectivity index (χ1n) is 6.77. The van der Waals surface area contributed by atoms with Crippen LogP contribution >= 0.6 is 0 Å². The van der Waals surface area contributed by atoms with Crippen LogP contribution < -0.4 is 14.8 Å². The van der Waals surface area contributed by atoms with Gasteiger partial charge in [0.2, 0.25) is 6.79 Å². The molecule has 0 spiro atoms. The van der Waals surface area contributed by atoms with Crippen LogP contribution in [0.1, 0.15) is 31.4 Å². The van der Waals surface area contributed by atoms with Gasteiger partial charge in [-0.25, -0.2) is 0 Å². The summed E-state index contributed by atoms with van der Waals surface area (Å²) in [5.41, 5.74) is 2.47. The van der Waals surface area contributed by atoms with Crippen molar-refractivity contribution in [3.05, 3.63) is 23.3 Å². The fraction of sp³-hybridized carbons (Fsp3) is 0.600. The van der Waals surface area contributed by atoms with Gasteiger partial charge in [-0.1, -0.05) is 0 Å². The highest BCUT2D eigenvalue weighted by Gasteiger charge is 2.17. The maximum atomic E-state index is 9.00. The van der Waals surface area contributed by atoms with Gasteiger partial charge in [-0.2, -0.15) is 0 Å². The number of hydrogen-bond donors (Lipinski definition) is 2. The highest BCUT2D eigenvalue weighted by Crippen LogP contribution is 2.34. The Balaban J connectivity index is 1.93. The van der Waals surface area contributed by atoms with Crippen molar-refractivity contribution in [3.8, 4) is 11.5 Å². The third-order valence-electron chi connectivity index (χ3n) is 3.57. The Morgan fingerprint density at radius 1 is 1.26 bits per heavy atom. The van der Waals surface area contributed by atoms with Gasteiger partial charge in [0.1, 0.15) is 0 Å². The molecule has 1 aromatic rings. The number of rotatable bonds is 6. The van der Waals surface area contributed by atoms with Crippen molar-refractivity contribution in [3.63, 3.8) is 0 Å². The second kappa shape index (κ2) is 5.80. The molecule has 106 valence electrons. The molecule has 0 fully saturated rings. The van der Waals surface area contributed by atoms with E-state index in [4.69, 9.17) is 14.6 Å². The van der Waals surface area contributed by atoms with Crippen LogP contribution in [0.2, 0.25) is 0 Å². The van der Waals surface area contributed by atoms with E-state index < -0.39 is 0 Å². The summed E-state index contributed by atoms with van der Waals surface area (Å²) in [5.74, 6) is 1.69. The van der Waals surface area contributed by atoms with E-state index in [0.29, 0.717) is 6.79 Å². The summed E-state index contributed by atoms with van der Waals surface area (Å²) in [6.07, 6.45) is 1.70. The summed E-state index contributed by atoms with van der Waals surface area (Å²) < 4.78 is 10.8. The number of nitrogens with one attached hydrogen (secondary N) is 1. The molecule has 1 heterocycles. The highest BCUT2D eigenvalue weighted by molar-refractivity contribution is 5.48. The molecule has 4 heteroatoms. The van der Waals surface area contributed by atoms with Crippen LogP contribution in [0.15, 0.2) is 12.1 Å². The van der Waals surface area contributed by atoms with E-state index >= 15 is 0 Å². The maximum absolute atomic E-state index is 9.00. The Morgan fingerprint density at radius 3 is 2.63 bits per heavy atom. The first kappa shape index (κ1) is 14.2. The van der Waals surface area contributed by atoms with Crippen LogP contribution in [0.25, 0.3) is 0 Å². The van der Waals surface area contributed by atoms with Gasteiger partial charge in [0.15, 0.2) is 11.5 Å². The number of aliphatic hydroxyl groups is 1. The van der Waals surface area contributed by atoms with Crippen molar-refractivity contribution in [2.24, 2.45) is 0 Å². The van der Waals surface area contributed by atoms with Gasteiger partial charge < -0.3 is 19.9 Å². The average molecular weight is 265 g/mol. The lowest BCUT2D eigenvalue weighted by atomic mass is 10.00. The van der Waals surface area contributed by atoms with Crippen molar-refractivity contribution < 1.29 is 14.6 Å². The summed E-state index contributed by atoms with van der Waals surface area (Å²) >= 11 is 0. The normalized spacial score (nSPS) is 13.9. The minimum Gasteiger partial charge on any atom is -0.454 e. The zero-order valence-electron chi connectivity index (χ0n) is 12.0. The number of ether oxygens (including phenoxy) is 2. The van der Waals surface area contributed by atoms with Crippen LogP contribution in [-0.2, 0) is 6.42 Å². The molecule has 0 amide bonds. The second-order valence-corrected chi connectivity index (χ2v) is 5.67. The molecule has 0 atom stereocenters. The summed E-state index contributed by atoms with van der Waals surface area (Å²) in [6, 6.07) is 4.11. The molecule has 2 N–H and O–H groups in total. The zero-order valence-corrected chi connectivity index (χ0v) is 12.0. The maximum Gasteiger partial charge on any atom is 0.231 e. The van der Waals surface area contributed by atoms with Crippen LogP contribution in [-0.4, -0.2) is 30.6 Å². The third-order valence-corrected chi connectivity index (χ3v) is 3.57. The predicted molar refractivity (Wildman–Crippen MR) is 74.8 cm³/mol. The Labute approximate surface area is 114 Å². The third kappa shape index (κ3) is 3.61. The standard InChI is InChI=1S/C15H23NO3/c1-11-8-13-14(19-10-18-13)9-12(11)4-6-16-15(2,3)5-7-17/h8-9,16-17H,4-7,10H2,1-3H3.